The number of allylic oxidation sites excluding steroid dienone is 2. The molecule has 0 aromatic heterocycles. The SMILES string of the molecule is CCCCCCCCC(O)/C=C/C=C/c1ccccc1C(=O)CCCC(=O)N1CCCC1. The molecule has 2 rings (SSSR count). The Labute approximate surface area is 194 Å². The third kappa shape index (κ3) is 9.95. The van der Waals surface area contributed by atoms with Crippen LogP contribution >= 0.6 is 0 Å². The van der Waals surface area contributed by atoms with Crippen molar-refractivity contribution in [2.75, 3.05) is 13.1 Å². The summed E-state index contributed by atoms with van der Waals surface area (Å²) in [7, 11) is 0. The van der Waals surface area contributed by atoms with Crippen molar-refractivity contribution >= 4 is 17.8 Å². The largest absolute Gasteiger partial charge is 0.389 e. The first-order valence-corrected chi connectivity index (χ1v) is 12.5. The smallest absolute Gasteiger partial charge is 0.222 e. The molecule has 4 heteroatoms. The second-order valence-corrected chi connectivity index (χ2v) is 8.82. The second-order valence-electron chi connectivity index (χ2n) is 8.82. The summed E-state index contributed by atoms with van der Waals surface area (Å²) in [4.78, 5) is 26.8. The number of hydrogen-bond acceptors (Lipinski definition) is 3. The monoisotopic (exact) mass is 439 g/mol. The van der Waals surface area contributed by atoms with E-state index in [2.05, 4.69) is 6.92 Å². The van der Waals surface area contributed by atoms with Crippen LogP contribution in [0.1, 0.15) is 99.9 Å². The first kappa shape index (κ1) is 26.1. The van der Waals surface area contributed by atoms with Gasteiger partial charge >= 0.3 is 0 Å². The van der Waals surface area contributed by atoms with E-state index in [1.54, 1.807) is 0 Å². The molecule has 1 unspecified atom stereocenters. The Morgan fingerprint density at radius 3 is 2.47 bits per heavy atom. The molecule has 1 fully saturated rings. The lowest BCUT2D eigenvalue weighted by Crippen LogP contribution is -2.27. The highest BCUT2D eigenvalue weighted by atomic mass is 16.3. The number of carbonyl (C=O) groups is 2. The van der Waals surface area contributed by atoms with E-state index in [9.17, 15) is 14.7 Å². The number of aliphatic hydroxyl groups excluding tert-OH is 1. The molecular formula is C28H41NO3. The van der Waals surface area contributed by atoms with Crippen molar-refractivity contribution in [3.05, 3.63) is 53.6 Å². The van der Waals surface area contributed by atoms with Gasteiger partial charge in [-0.15, -0.1) is 0 Å². The van der Waals surface area contributed by atoms with E-state index in [0.29, 0.717) is 24.8 Å². The summed E-state index contributed by atoms with van der Waals surface area (Å²) in [5.74, 6) is 0.250. The number of Topliss-reactive ketones (excluding diaryl/α,β-unsaturated/α-hetero) is 1. The molecule has 1 aliphatic heterocycles. The zero-order chi connectivity index (χ0) is 23.0. The van der Waals surface area contributed by atoms with Gasteiger partial charge in [-0.1, -0.05) is 94.0 Å². The van der Waals surface area contributed by atoms with E-state index in [-0.39, 0.29) is 11.7 Å². The third-order valence-corrected chi connectivity index (χ3v) is 6.09. The van der Waals surface area contributed by atoms with Crippen LogP contribution in [0, 0.1) is 0 Å². The van der Waals surface area contributed by atoms with Gasteiger partial charge in [0.05, 0.1) is 6.10 Å². The minimum absolute atomic E-state index is 0.0755. The molecule has 32 heavy (non-hydrogen) atoms. The Hall–Kier alpha value is -2.20. The Balaban J connectivity index is 1.75. The maximum Gasteiger partial charge on any atom is 0.222 e. The molecule has 1 atom stereocenters. The van der Waals surface area contributed by atoms with E-state index < -0.39 is 6.10 Å². The highest BCUT2D eigenvalue weighted by molar-refractivity contribution is 5.99. The fourth-order valence-corrected chi connectivity index (χ4v) is 4.14. The summed E-state index contributed by atoms with van der Waals surface area (Å²) in [5, 5.41) is 10.1. The summed E-state index contributed by atoms with van der Waals surface area (Å²) >= 11 is 0. The Morgan fingerprint density at radius 2 is 1.69 bits per heavy atom. The van der Waals surface area contributed by atoms with Gasteiger partial charge < -0.3 is 10.0 Å². The first-order valence-electron chi connectivity index (χ1n) is 12.5. The number of ketones is 1. The third-order valence-electron chi connectivity index (χ3n) is 6.09. The predicted molar refractivity (Wildman–Crippen MR) is 133 cm³/mol. The van der Waals surface area contributed by atoms with Gasteiger partial charge in [0.1, 0.15) is 0 Å². The van der Waals surface area contributed by atoms with Crippen molar-refractivity contribution in [1.82, 2.24) is 4.90 Å². The van der Waals surface area contributed by atoms with Crippen molar-refractivity contribution in [1.29, 1.82) is 0 Å². The van der Waals surface area contributed by atoms with Crippen LogP contribution in [-0.2, 0) is 4.79 Å². The average molecular weight is 440 g/mol. The van der Waals surface area contributed by atoms with Crippen LogP contribution < -0.4 is 0 Å². The second kappa shape index (κ2) is 15.6. The van der Waals surface area contributed by atoms with E-state index in [1.807, 2.05) is 53.5 Å². The van der Waals surface area contributed by atoms with Crippen LogP contribution in [0.15, 0.2) is 42.5 Å². The molecular weight excluding hydrogens is 398 g/mol. The summed E-state index contributed by atoms with van der Waals surface area (Å²) in [5.41, 5.74) is 1.57. The molecule has 176 valence electrons. The maximum absolute atomic E-state index is 12.7. The highest BCUT2D eigenvalue weighted by Crippen LogP contribution is 2.16. The van der Waals surface area contributed by atoms with Gasteiger partial charge in [-0.25, -0.2) is 0 Å². The summed E-state index contributed by atoms with van der Waals surface area (Å²) in [6.45, 7) is 3.94. The van der Waals surface area contributed by atoms with Crippen LogP contribution in [0.2, 0.25) is 0 Å². The Bertz CT molecular complexity index is 747. The van der Waals surface area contributed by atoms with Gasteiger partial charge in [0, 0.05) is 31.5 Å². The number of rotatable bonds is 15. The molecule has 1 N–H and O–H groups in total. The zero-order valence-electron chi connectivity index (χ0n) is 19.8. The summed E-state index contributed by atoms with van der Waals surface area (Å²) in [6, 6.07) is 7.58. The Kier molecular flexibility index (Phi) is 12.7. The fourth-order valence-electron chi connectivity index (χ4n) is 4.14. The van der Waals surface area contributed by atoms with Gasteiger partial charge in [-0.05, 0) is 31.2 Å². The van der Waals surface area contributed by atoms with Gasteiger partial charge in [0.15, 0.2) is 5.78 Å². The molecule has 1 heterocycles. The molecule has 0 spiro atoms. The summed E-state index contributed by atoms with van der Waals surface area (Å²) in [6.07, 6.45) is 18.8. The maximum atomic E-state index is 12.7. The zero-order valence-corrected chi connectivity index (χ0v) is 19.8. The molecule has 0 bridgehead atoms. The van der Waals surface area contributed by atoms with Crippen LogP contribution in [0.4, 0.5) is 0 Å². The molecule has 1 amide bonds. The molecule has 4 nitrogen and oxygen atoms in total. The van der Waals surface area contributed by atoms with E-state index in [0.717, 1.165) is 44.3 Å². The highest BCUT2D eigenvalue weighted by Gasteiger charge is 2.18. The van der Waals surface area contributed by atoms with Crippen LogP contribution in [0.5, 0.6) is 0 Å². The van der Waals surface area contributed by atoms with E-state index >= 15 is 0 Å². The van der Waals surface area contributed by atoms with Crippen LogP contribution in [0.25, 0.3) is 6.08 Å². The molecule has 1 aromatic rings. The molecule has 1 aliphatic rings. The quantitative estimate of drug-likeness (QED) is 0.197. The fraction of sp³-hybridized carbons (Fsp3) is 0.571. The number of aliphatic hydroxyl groups is 1. The number of likely N-dealkylation sites (tertiary alicyclic amines) is 1. The van der Waals surface area contributed by atoms with Crippen molar-refractivity contribution in [2.45, 2.75) is 90.1 Å². The lowest BCUT2D eigenvalue weighted by atomic mass is 9.99. The van der Waals surface area contributed by atoms with Gasteiger partial charge in [-0.3, -0.25) is 9.59 Å². The standard InChI is InChI=1S/C28H41NO3/c1-2-3-4-5-6-7-17-25(30)18-10-8-15-24-16-9-11-19-26(24)27(31)20-14-21-28(32)29-22-12-13-23-29/h8-11,15-16,18-19,25,30H,2-7,12-14,17,20-23H2,1H3/b15-8+,18-10+. The number of benzene rings is 1. The average Bonchev–Trinajstić information content (AvgIpc) is 3.34. The number of hydrogen-bond donors (Lipinski definition) is 1. The van der Waals surface area contributed by atoms with Crippen molar-refractivity contribution in [3.63, 3.8) is 0 Å². The number of nitrogens with zero attached hydrogens (tertiary/aromatic N) is 1. The molecule has 1 aromatic carbocycles. The number of amides is 1. The predicted octanol–water partition coefficient (Wildman–Crippen LogP) is 6.34. The normalized spacial score (nSPS) is 15.1. The number of unbranched alkanes of at least 4 members (excludes halogenated alkanes) is 5. The molecule has 1 saturated heterocycles. The first-order chi connectivity index (χ1) is 15.6. The van der Waals surface area contributed by atoms with Gasteiger partial charge in [-0.2, -0.15) is 0 Å². The molecule has 0 radical (unpaired) electrons. The Morgan fingerprint density at radius 1 is 0.969 bits per heavy atom. The minimum Gasteiger partial charge on any atom is -0.389 e. The van der Waals surface area contributed by atoms with Gasteiger partial charge in [0.2, 0.25) is 5.91 Å². The van der Waals surface area contributed by atoms with E-state index in [1.165, 1.54) is 32.1 Å². The van der Waals surface area contributed by atoms with Crippen molar-refractivity contribution in [3.8, 4) is 0 Å². The molecule has 0 saturated carbocycles. The van der Waals surface area contributed by atoms with Crippen molar-refractivity contribution < 1.29 is 14.7 Å². The number of carbonyl (C=O) groups excluding carboxylic acids is 2. The van der Waals surface area contributed by atoms with Crippen LogP contribution in [0.3, 0.4) is 0 Å². The van der Waals surface area contributed by atoms with Gasteiger partial charge in [0.25, 0.3) is 0 Å². The summed E-state index contributed by atoms with van der Waals surface area (Å²) < 4.78 is 0. The van der Waals surface area contributed by atoms with Crippen molar-refractivity contribution in [2.24, 2.45) is 0 Å². The topological polar surface area (TPSA) is 57.6 Å². The molecule has 0 aliphatic carbocycles. The lowest BCUT2D eigenvalue weighted by molar-refractivity contribution is -0.130. The van der Waals surface area contributed by atoms with E-state index in [4.69, 9.17) is 0 Å². The lowest BCUT2D eigenvalue weighted by Gasteiger charge is -2.14. The minimum atomic E-state index is -0.421. The van der Waals surface area contributed by atoms with Crippen LogP contribution in [-0.4, -0.2) is 40.9 Å².